The lowest BCUT2D eigenvalue weighted by Gasteiger charge is -2.30. The van der Waals surface area contributed by atoms with Crippen LogP contribution in [0.5, 0.6) is 0 Å². The van der Waals surface area contributed by atoms with Crippen LogP contribution in [0.25, 0.3) is 0 Å². The first-order chi connectivity index (χ1) is 12.1. The van der Waals surface area contributed by atoms with Crippen molar-refractivity contribution in [1.82, 2.24) is 0 Å². The molecule has 2 heterocycles. The van der Waals surface area contributed by atoms with Gasteiger partial charge in [0.1, 0.15) is 0 Å². The number of thioether (sulfide) groups is 1. The Morgan fingerprint density at radius 2 is 2.08 bits per heavy atom. The van der Waals surface area contributed by atoms with Crippen molar-refractivity contribution in [2.45, 2.75) is 25.3 Å². The molecule has 0 saturated carbocycles. The van der Waals surface area contributed by atoms with Gasteiger partial charge < -0.3 is 10.6 Å². The number of hydrogen-bond acceptors (Lipinski definition) is 4. The van der Waals surface area contributed by atoms with Crippen LogP contribution in [0, 0.1) is 0 Å². The van der Waals surface area contributed by atoms with Crippen LogP contribution >= 0.6 is 11.8 Å². The molecule has 4 rings (SSSR count). The van der Waals surface area contributed by atoms with Crippen molar-refractivity contribution in [3.63, 3.8) is 0 Å². The van der Waals surface area contributed by atoms with Gasteiger partial charge in [-0.3, -0.25) is 9.79 Å². The number of rotatable bonds is 2. The lowest BCUT2D eigenvalue weighted by molar-refractivity contribution is 0.0989. The molecule has 2 N–H and O–H groups in total. The molecule has 5 heteroatoms. The first-order valence-corrected chi connectivity index (χ1v) is 9.54. The number of amidine groups is 1. The smallest absolute Gasteiger partial charge is 0.258 e. The highest BCUT2D eigenvalue weighted by Gasteiger charge is 2.31. The topological polar surface area (TPSA) is 58.7 Å². The Kier molecular flexibility index (Phi) is 4.04. The number of amides is 1. The fraction of sp³-hybridized carbons (Fsp3) is 0.300. The van der Waals surface area contributed by atoms with Crippen molar-refractivity contribution < 1.29 is 4.79 Å². The molecule has 0 bridgehead atoms. The Balaban J connectivity index is 1.66. The van der Waals surface area contributed by atoms with Gasteiger partial charge in [0.2, 0.25) is 0 Å². The van der Waals surface area contributed by atoms with E-state index in [0.29, 0.717) is 10.7 Å². The van der Waals surface area contributed by atoms with Gasteiger partial charge in [0.05, 0.1) is 5.54 Å². The molecule has 1 unspecified atom stereocenters. The minimum absolute atomic E-state index is 0.0533. The monoisotopic (exact) mass is 351 g/mol. The van der Waals surface area contributed by atoms with E-state index in [1.54, 1.807) is 11.8 Å². The SMILES string of the molecule is CC1(c2cccc(C(=O)N3CCc4ccccc43)c2)CCSC(N)=N1. The van der Waals surface area contributed by atoms with Crippen LogP contribution in [-0.4, -0.2) is 23.4 Å². The van der Waals surface area contributed by atoms with Crippen molar-refractivity contribution in [2.24, 2.45) is 10.7 Å². The van der Waals surface area contributed by atoms with Crippen LogP contribution in [-0.2, 0) is 12.0 Å². The summed E-state index contributed by atoms with van der Waals surface area (Å²) in [7, 11) is 0. The van der Waals surface area contributed by atoms with E-state index in [-0.39, 0.29) is 11.4 Å². The molecular weight excluding hydrogens is 330 g/mol. The van der Waals surface area contributed by atoms with Crippen LogP contribution in [0.1, 0.15) is 34.8 Å². The van der Waals surface area contributed by atoms with Gasteiger partial charge in [-0.2, -0.15) is 0 Å². The van der Waals surface area contributed by atoms with Gasteiger partial charge >= 0.3 is 0 Å². The Hall–Kier alpha value is -2.27. The summed E-state index contributed by atoms with van der Waals surface area (Å²) in [6.45, 7) is 2.83. The van der Waals surface area contributed by atoms with Crippen LogP contribution < -0.4 is 10.6 Å². The summed E-state index contributed by atoms with van der Waals surface area (Å²) in [6, 6.07) is 16.0. The van der Waals surface area contributed by atoms with Crippen molar-refractivity contribution >= 4 is 28.5 Å². The number of benzene rings is 2. The second kappa shape index (κ2) is 6.23. The van der Waals surface area contributed by atoms with E-state index in [4.69, 9.17) is 5.73 Å². The number of carbonyl (C=O) groups excluding carboxylic acids is 1. The highest BCUT2D eigenvalue weighted by atomic mass is 32.2. The Bertz CT molecular complexity index is 864. The Morgan fingerprint density at radius 1 is 1.24 bits per heavy atom. The van der Waals surface area contributed by atoms with E-state index >= 15 is 0 Å². The zero-order chi connectivity index (χ0) is 17.4. The summed E-state index contributed by atoms with van der Waals surface area (Å²) < 4.78 is 0. The second-order valence-electron chi connectivity index (χ2n) is 6.74. The van der Waals surface area contributed by atoms with E-state index in [1.165, 1.54) is 5.56 Å². The third kappa shape index (κ3) is 2.93. The van der Waals surface area contributed by atoms with Crippen LogP contribution in [0.4, 0.5) is 5.69 Å². The minimum Gasteiger partial charge on any atom is -0.379 e. The molecule has 128 valence electrons. The quantitative estimate of drug-likeness (QED) is 0.900. The van der Waals surface area contributed by atoms with Gasteiger partial charge in [-0.05, 0) is 49.1 Å². The zero-order valence-corrected chi connectivity index (χ0v) is 15.1. The molecule has 1 atom stereocenters. The maximum atomic E-state index is 13.1. The third-order valence-electron chi connectivity index (χ3n) is 5.06. The number of anilines is 1. The molecule has 0 saturated heterocycles. The largest absolute Gasteiger partial charge is 0.379 e. The summed E-state index contributed by atoms with van der Waals surface area (Å²) in [4.78, 5) is 19.6. The molecule has 0 aliphatic carbocycles. The van der Waals surface area contributed by atoms with E-state index in [1.807, 2.05) is 47.4 Å². The Morgan fingerprint density at radius 3 is 2.92 bits per heavy atom. The van der Waals surface area contributed by atoms with E-state index in [2.05, 4.69) is 18.0 Å². The number of fused-ring (bicyclic) bond motifs is 1. The van der Waals surface area contributed by atoms with Crippen LogP contribution in [0.2, 0.25) is 0 Å². The molecular formula is C20H21N3OS. The van der Waals surface area contributed by atoms with Gasteiger partial charge in [0, 0.05) is 23.5 Å². The predicted molar refractivity (Wildman–Crippen MR) is 104 cm³/mol. The van der Waals surface area contributed by atoms with Gasteiger partial charge in [-0.1, -0.05) is 42.1 Å². The second-order valence-corrected chi connectivity index (χ2v) is 7.85. The van der Waals surface area contributed by atoms with Crippen molar-refractivity contribution in [1.29, 1.82) is 0 Å². The highest BCUT2D eigenvalue weighted by molar-refractivity contribution is 8.13. The molecule has 2 aromatic rings. The number of hydrogen-bond donors (Lipinski definition) is 1. The molecule has 0 spiro atoms. The summed E-state index contributed by atoms with van der Waals surface area (Å²) in [5.74, 6) is 1.00. The van der Waals surface area contributed by atoms with Gasteiger partial charge in [0.15, 0.2) is 5.17 Å². The van der Waals surface area contributed by atoms with Crippen LogP contribution in [0.3, 0.4) is 0 Å². The first kappa shape index (κ1) is 16.2. The maximum Gasteiger partial charge on any atom is 0.258 e. The molecule has 2 aliphatic heterocycles. The average molecular weight is 351 g/mol. The average Bonchev–Trinajstić information content (AvgIpc) is 3.05. The number of nitrogens with two attached hydrogens (primary N) is 1. The fourth-order valence-corrected chi connectivity index (χ4v) is 4.56. The molecule has 25 heavy (non-hydrogen) atoms. The highest BCUT2D eigenvalue weighted by Crippen LogP contribution is 2.36. The molecule has 2 aliphatic rings. The van der Waals surface area contributed by atoms with E-state index < -0.39 is 0 Å². The fourth-order valence-electron chi connectivity index (χ4n) is 3.59. The number of carbonyl (C=O) groups is 1. The Labute approximate surface area is 152 Å². The summed E-state index contributed by atoms with van der Waals surface area (Å²) in [6.07, 6.45) is 1.83. The summed E-state index contributed by atoms with van der Waals surface area (Å²) >= 11 is 1.59. The van der Waals surface area contributed by atoms with Crippen molar-refractivity contribution in [2.75, 3.05) is 17.2 Å². The first-order valence-electron chi connectivity index (χ1n) is 8.55. The van der Waals surface area contributed by atoms with Gasteiger partial charge in [-0.15, -0.1) is 0 Å². The maximum absolute atomic E-state index is 13.1. The number of para-hydroxylation sites is 1. The lowest BCUT2D eigenvalue weighted by Crippen LogP contribution is -2.31. The minimum atomic E-state index is -0.353. The third-order valence-corrected chi connectivity index (χ3v) is 5.85. The molecule has 4 nitrogen and oxygen atoms in total. The molecule has 0 radical (unpaired) electrons. The predicted octanol–water partition coefficient (Wildman–Crippen LogP) is 3.56. The summed E-state index contributed by atoms with van der Waals surface area (Å²) in [5.41, 5.74) is 9.61. The number of aliphatic imine (C=N–C) groups is 1. The molecule has 0 fully saturated rings. The van der Waals surface area contributed by atoms with Crippen molar-refractivity contribution in [3.05, 3.63) is 65.2 Å². The normalized spacial score (nSPS) is 22.4. The molecule has 0 aromatic heterocycles. The molecule has 1 amide bonds. The van der Waals surface area contributed by atoms with E-state index in [9.17, 15) is 4.79 Å². The van der Waals surface area contributed by atoms with Gasteiger partial charge in [0.25, 0.3) is 5.91 Å². The van der Waals surface area contributed by atoms with Gasteiger partial charge in [-0.25, -0.2) is 0 Å². The van der Waals surface area contributed by atoms with Crippen molar-refractivity contribution in [3.8, 4) is 0 Å². The summed E-state index contributed by atoms with van der Waals surface area (Å²) in [5, 5.41) is 0.624. The van der Waals surface area contributed by atoms with Crippen LogP contribution in [0.15, 0.2) is 53.5 Å². The molecule has 2 aromatic carbocycles. The lowest BCUT2D eigenvalue weighted by atomic mass is 9.88. The number of nitrogens with zero attached hydrogens (tertiary/aromatic N) is 2. The standard InChI is InChI=1S/C20H21N3OS/c1-20(10-12-25-19(21)22-20)16-7-4-6-15(13-16)18(24)23-11-9-14-5-2-3-8-17(14)23/h2-8,13H,9-12H2,1H3,(H2,21,22). The zero-order valence-electron chi connectivity index (χ0n) is 14.2. The van der Waals surface area contributed by atoms with E-state index in [0.717, 1.165) is 36.4 Å².